The van der Waals surface area contributed by atoms with E-state index < -0.39 is 0 Å². The first-order chi connectivity index (χ1) is 8.34. The van der Waals surface area contributed by atoms with Gasteiger partial charge in [0.15, 0.2) is 0 Å². The minimum absolute atomic E-state index is 0.147. The third kappa shape index (κ3) is 4.22. The Kier molecular flexibility index (Phi) is 4.60. The van der Waals surface area contributed by atoms with E-state index in [2.05, 4.69) is 5.32 Å². The third-order valence-corrected chi connectivity index (χ3v) is 3.55. The zero-order valence-electron chi connectivity index (χ0n) is 10.3. The van der Waals surface area contributed by atoms with Gasteiger partial charge in [0, 0.05) is 12.1 Å². The van der Waals surface area contributed by atoms with Crippen molar-refractivity contribution in [3.63, 3.8) is 0 Å². The molecule has 1 aliphatic rings. The molecule has 1 saturated carbocycles. The fourth-order valence-electron chi connectivity index (χ4n) is 2.60. The number of carbonyl (C=O) groups excluding carboxylic acids is 1. The Bertz CT molecular complexity index is 341. The molecule has 0 radical (unpaired) electrons. The van der Waals surface area contributed by atoms with Crippen molar-refractivity contribution in [2.24, 2.45) is 5.92 Å². The van der Waals surface area contributed by atoms with E-state index in [1.165, 1.54) is 32.1 Å². The van der Waals surface area contributed by atoms with Crippen LogP contribution in [0.25, 0.3) is 0 Å². The molecule has 1 amide bonds. The van der Waals surface area contributed by atoms with Crippen LogP contribution in [0.1, 0.15) is 44.9 Å². The van der Waals surface area contributed by atoms with Gasteiger partial charge in [-0.15, -0.1) is 0 Å². The van der Waals surface area contributed by atoms with E-state index in [-0.39, 0.29) is 5.91 Å². The van der Waals surface area contributed by atoms with E-state index in [4.69, 9.17) is 0 Å². The van der Waals surface area contributed by atoms with Crippen LogP contribution in [0.15, 0.2) is 30.3 Å². The molecule has 0 aliphatic heterocycles. The molecule has 0 saturated heterocycles. The maximum atomic E-state index is 11.7. The maximum absolute atomic E-state index is 11.7. The second-order valence-electron chi connectivity index (χ2n) is 4.96. The Morgan fingerprint density at radius 3 is 2.59 bits per heavy atom. The Balaban J connectivity index is 1.64. The van der Waals surface area contributed by atoms with Crippen LogP contribution in [0.3, 0.4) is 0 Å². The van der Waals surface area contributed by atoms with E-state index in [1.54, 1.807) is 0 Å². The fraction of sp³-hybridized carbons (Fsp3) is 0.533. The molecule has 2 rings (SSSR count). The van der Waals surface area contributed by atoms with Gasteiger partial charge >= 0.3 is 0 Å². The first-order valence-corrected chi connectivity index (χ1v) is 6.69. The summed E-state index contributed by atoms with van der Waals surface area (Å²) < 4.78 is 0. The van der Waals surface area contributed by atoms with Crippen LogP contribution in [-0.4, -0.2) is 5.91 Å². The molecule has 1 aromatic rings. The van der Waals surface area contributed by atoms with Crippen molar-refractivity contribution in [3.8, 4) is 0 Å². The van der Waals surface area contributed by atoms with Crippen LogP contribution in [0.4, 0.5) is 5.69 Å². The van der Waals surface area contributed by atoms with Gasteiger partial charge in [0.1, 0.15) is 0 Å². The number of para-hydroxylation sites is 1. The number of anilines is 1. The summed E-state index contributed by atoms with van der Waals surface area (Å²) in [7, 11) is 0. The quantitative estimate of drug-likeness (QED) is 0.815. The normalized spacial score (nSPS) is 16.0. The predicted octanol–water partition coefficient (Wildman–Crippen LogP) is 3.99. The molecular formula is C15H21NO. The lowest BCUT2D eigenvalue weighted by Gasteiger charge is -2.08. The summed E-state index contributed by atoms with van der Waals surface area (Å²) in [6.07, 6.45) is 8.44. The van der Waals surface area contributed by atoms with Crippen molar-refractivity contribution in [1.82, 2.24) is 0 Å². The molecule has 1 N–H and O–H groups in total. The number of hydrogen-bond acceptors (Lipinski definition) is 1. The summed E-state index contributed by atoms with van der Waals surface area (Å²) >= 11 is 0. The van der Waals surface area contributed by atoms with Gasteiger partial charge in [0.05, 0.1) is 0 Å². The lowest BCUT2D eigenvalue weighted by Crippen LogP contribution is -2.11. The van der Waals surface area contributed by atoms with Gasteiger partial charge in [-0.1, -0.05) is 43.9 Å². The highest BCUT2D eigenvalue weighted by atomic mass is 16.1. The Labute approximate surface area is 103 Å². The molecule has 17 heavy (non-hydrogen) atoms. The van der Waals surface area contributed by atoms with Crippen molar-refractivity contribution < 1.29 is 4.79 Å². The molecule has 0 spiro atoms. The minimum Gasteiger partial charge on any atom is -0.326 e. The molecule has 2 nitrogen and oxygen atoms in total. The highest BCUT2D eigenvalue weighted by Crippen LogP contribution is 2.28. The first-order valence-electron chi connectivity index (χ1n) is 6.69. The number of hydrogen-bond donors (Lipinski definition) is 1. The first kappa shape index (κ1) is 12.2. The van der Waals surface area contributed by atoms with E-state index in [0.29, 0.717) is 6.42 Å². The van der Waals surface area contributed by atoms with Crippen LogP contribution in [0.2, 0.25) is 0 Å². The second-order valence-corrected chi connectivity index (χ2v) is 4.96. The highest BCUT2D eigenvalue weighted by molar-refractivity contribution is 5.90. The van der Waals surface area contributed by atoms with Crippen molar-refractivity contribution in [2.45, 2.75) is 44.9 Å². The van der Waals surface area contributed by atoms with Gasteiger partial charge in [0.25, 0.3) is 0 Å². The van der Waals surface area contributed by atoms with E-state index in [9.17, 15) is 4.79 Å². The van der Waals surface area contributed by atoms with Gasteiger partial charge in [-0.3, -0.25) is 4.79 Å². The van der Waals surface area contributed by atoms with Crippen molar-refractivity contribution in [2.75, 3.05) is 5.32 Å². The molecule has 1 aromatic carbocycles. The molecule has 0 aromatic heterocycles. The zero-order chi connectivity index (χ0) is 11.9. The molecule has 92 valence electrons. The number of nitrogens with one attached hydrogen (secondary N) is 1. The summed E-state index contributed by atoms with van der Waals surface area (Å²) in [6.45, 7) is 0. The molecule has 0 unspecified atom stereocenters. The predicted molar refractivity (Wildman–Crippen MR) is 70.9 cm³/mol. The number of benzene rings is 1. The van der Waals surface area contributed by atoms with E-state index in [0.717, 1.165) is 18.0 Å². The molecule has 0 bridgehead atoms. The highest BCUT2D eigenvalue weighted by Gasteiger charge is 2.14. The van der Waals surface area contributed by atoms with Gasteiger partial charge in [-0.05, 0) is 30.9 Å². The molecule has 1 fully saturated rings. The zero-order valence-corrected chi connectivity index (χ0v) is 10.3. The lowest BCUT2D eigenvalue weighted by molar-refractivity contribution is -0.116. The third-order valence-electron chi connectivity index (χ3n) is 3.55. The summed E-state index contributed by atoms with van der Waals surface area (Å²) in [5.74, 6) is 1.04. The fourth-order valence-corrected chi connectivity index (χ4v) is 2.60. The molecule has 1 aliphatic carbocycles. The van der Waals surface area contributed by atoms with Crippen molar-refractivity contribution in [3.05, 3.63) is 30.3 Å². The monoisotopic (exact) mass is 231 g/mol. The van der Waals surface area contributed by atoms with Crippen LogP contribution in [-0.2, 0) is 4.79 Å². The molecule has 0 heterocycles. The molecule has 2 heteroatoms. The summed E-state index contributed by atoms with van der Waals surface area (Å²) in [6, 6.07) is 9.68. The number of amides is 1. The second kappa shape index (κ2) is 6.43. The van der Waals surface area contributed by atoms with E-state index >= 15 is 0 Å². The summed E-state index contributed by atoms with van der Waals surface area (Å²) in [4.78, 5) is 11.7. The standard InChI is InChI=1S/C15H21NO/c17-15(16-14-10-2-1-3-11-14)12-6-9-13-7-4-5-8-13/h1-3,10-11,13H,4-9,12H2,(H,16,17). The van der Waals surface area contributed by atoms with Gasteiger partial charge in [-0.2, -0.15) is 0 Å². The van der Waals surface area contributed by atoms with Gasteiger partial charge in [-0.25, -0.2) is 0 Å². The van der Waals surface area contributed by atoms with Crippen LogP contribution in [0, 0.1) is 5.92 Å². The average molecular weight is 231 g/mol. The summed E-state index contributed by atoms with van der Waals surface area (Å²) in [5, 5.41) is 2.93. The van der Waals surface area contributed by atoms with Crippen molar-refractivity contribution >= 4 is 11.6 Å². The molecular weight excluding hydrogens is 210 g/mol. The van der Waals surface area contributed by atoms with E-state index in [1.807, 2.05) is 30.3 Å². The van der Waals surface area contributed by atoms with Crippen LogP contribution < -0.4 is 5.32 Å². The van der Waals surface area contributed by atoms with Crippen LogP contribution in [0.5, 0.6) is 0 Å². The Hall–Kier alpha value is -1.31. The van der Waals surface area contributed by atoms with Gasteiger partial charge < -0.3 is 5.32 Å². The van der Waals surface area contributed by atoms with Gasteiger partial charge in [0.2, 0.25) is 5.91 Å². The van der Waals surface area contributed by atoms with Crippen LogP contribution >= 0.6 is 0 Å². The largest absolute Gasteiger partial charge is 0.326 e. The Morgan fingerprint density at radius 1 is 1.18 bits per heavy atom. The maximum Gasteiger partial charge on any atom is 0.224 e. The molecule has 0 atom stereocenters. The number of carbonyl (C=O) groups is 1. The van der Waals surface area contributed by atoms with Crippen molar-refractivity contribution in [1.29, 1.82) is 0 Å². The SMILES string of the molecule is O=C(CCCC1CCCC1)Nc1ccccc1. The minimum atomic E-state index is 0.147. The smallest absolute Gasteiger partial charge is 0.224 e. The average Bonchev–Trinajstić information content (AvgIpc) is 2.83. The lowest BCUT2D eigenvalue weighted by atomic mass is 10.0. The summed E-state index contributed by atoms with van der Waals surface area (Å²) in [5.41, 5.74) is 0.901. The topological polar surface area (TPSA) is 29.1 Å². The number of rotatable bonds is 5. The Morgan fingerprint density at radius 2 is 1.88 bits per heavy atom.